The van der Waals surface area contributed by atoms with Crippen LogP contribution in [0.2, 0.25) is 0 Å². The molecule has 0 heterocycles. The first-order chi connectivity index (χ1) is 5.16. The second-order valence-corrected chi connectivity index (χ2v) is 2.77. The number of nitrogens with zero attached hydrogens (tertiary/aromatic N) is 1. The molecule has 0 amide bonds. The van der Waals surface area contributed by atoms with Crippen LogP contribution in [0.15, 0.2) is 12.2 Å². The van der Waals surface area contributed by atoms with Crippen LogP contribution in [-0.4, -0.2) is 48.5 Å². The molecule has 11 heavy (non-hydrogen) atoms. The maximum absolute atomic E-state index is 9.24. The molecule has 1 atom stereocenters. The molecule has 0 bridgehead atoms. The molecule has 0 fully saturated rings. The monoisotopic (exact) mass is 159 g/mol. The highest BCUT2D eigenvalue weighted by Gasteiger charge is 1.98. The first-order valence-electron chi connectivity index (χ1n) is 3.77. The second kappa shape index (κ2) is 6.34. The lowest BCUT2D eigenvalue weighted by atomic mass is 10.3. The summed E-state index contributed by atoms with van der Waals surface area (Å²) in [6, 6.07) is 0. The molecule has 0 aromatic heterocycles. The van der Waals surface area contributed by atoms with Crippen molar-refractivity contribution in [2.24, 2.45) is 0 Å². The van der Waals surface area contributed by atoms with E-state index in [4.69, 9.17) is 5.11 Å². The Balaban J connectivity index is 3.42. The summed E-state index contributed by atoms with van der Waals surface area (Å²) in [6.45, 7) is 0.771. The van der Waals surface area contributed by atoms with Crippen LogP contribution in [0.3, 0.4) is 0 Å². The van der Waals surface area contributed by atoms with Gasteiger partial charge in [-0.25, -0.2) is 0 Å². The van der Waals surface area contributed by atoms with Gasteiger partial charge >= 0.3 is 0 Å². The number of hydrogen-bond acceptors (Lipinski definition) is 3. The molecular formula is C8H17NO2. The Kier molecular flexibility index (Phi) is 6.12. The third-order valence-electron chi connectivity index (χ3n) is 1.21. The van der Waals surface area contributed by atoms with E-state index < -0.39 is 6.10 Å². The summed E-state index contributed by atoms with van der Waals surface area (Å²) >= 11 is 0. The molecule has 0 aromatic rings. The normalized spacial score (nSPS) is 14.6. The Morgan fingerprint density at radius 3 is 2.55 bits per heavy atom. The number of hydrogen-bond donors (Lipinski definition) is 2. The number of aliphatic hydroxyl groups is 2. The van der Waals surface area contributed by atoms with Crippen LogP contribution < -0.4 is 0 Å². The fraction of sp³-hybridized carbons (Fsp3) is 0.750. The van der Waals surface area contributed by atoms with Crippen molar-refractivity contribution in [2.45, 2.75) is 12.5 Å². The predicted molar refractivity (Wildman–Crippen MR) is 45.4 cm³/mol. The molecule has 3 nitrogen and oxygen atoms in total. The Labute approximate surface area is 68.0 Å². The highest BCUT2D eigenvalue weighted by Crippen LogP contribution is 1.90. The number of aliphatic hydroxyl groups excluding tert-OH is 2. The molecule has 0 aliphatic carbocycles. The van der Waals surface area contributed by atoms with E-state index >= 15 is 0 Å². The zero-order valence-corrected chi connectivity index (χ0v) is 7.20. The smallest absolute Gasteiger partial charge is 0.0847 e. The van der Waals surface area contributed by atoms with Crippen molar-refractivity contribution >= 4 is 0 Å². The van der Waals surface area contributed by atoms with Crippen LogP contribution >= 0.6 is 0 Å². The Morgan fingerprint density at radius 2 is 2.09 bits per heavy atom. The molecule has 0 aromatic carbocycles. The van der Waals surface area contributed by atoms with Crippen molar-refractivity contribution < 1.29 is 10.2 Å². The fourth-order valence-electron chi connectivity index (χ4n) is 0.763. The highest BCUT2D eigenvalue weighted by molar-refractivity contribution is 4.89. The van der Waals surface area contributed by atoms with Crippen molar-refractivity contribution in [3.8, 4) is 0 Å². The average Bonchev–Trinajstić information content (AvgIpc) is 1.86. The summed E-state index contributed by atoms with van der Waals surface area (Å²) in [6.07, 6.45) is 3.69. The largest absolute Gasteiger partial charge is 0.396 e. The highest BCUT2D eigenvalue weighted by atomic mass is 16.3. The van der Waals surface area contributed by atoms with E-state index in [9.17, 15) is 5.11 Å². The van der Waals surface area contributed by atoms with E-state index in [-0.39, 0.29) is 6.61 Å². The molecule has 0 radical (unpaired) electrons. The molecule has 0 aliphatic heterocycles. The second-order valence-electron chi connectivity index (χ2n) is 2.77. The maximum Gasteiger partial charge on any atom is 0.0847 e. The number of likely N-dealkylation sites (N-methyl/N-ethyl adjacent to an activating group) is 1. The van der Waals surface area contributed by atoms with Crippen molar-refractivity contribution in [3.05, 3.63) is 12.2 Å². The topological polar surface area (TPSA) is 43.7 Å². The van der Waals surface area contributed by atoms with E-state index in [1.807, 2.05) is 19.0 Å². The van der Waals surface area contributed by atoms with Crippen molar-refractivity contribution in [2.75, 3.05) is 27.2 Å². The third kappa shape index (κ3) is 7.52. The van der Waals surface area contributed by atoms with E-state index in [1.165, 1.54) is 0 Å². The first kappa shape index (κ1) is 10.6. The van der Waals surface area contributed by atoms with Gasteiger partial charge in [-0.3, -0.25) is 0 Å². The van der Waals surface area contributed by atoms with Crippen LogP contribution in [0.1, 0.15) is 6.42 Å². The first-order valence-corrected chi connectivity index (χ1v) is 3.77. The summed E-state index contributed by atoms with van der Waals surface area (Å²) in [5.41, 5.74) is 0. The van der Waals surface area contributed by atoms with Gasteiger partial charge in [0.05, 0.1) is 6.10 Å². The molecule has 0 rings (SSSR count). The summed E-state index contributed by atoms with van der Waals surface area (Å²) < 4.78 is 0. The molecule has 0 saturated carbocycles. The maximum atomic E-state index is 9.24. The molecule has 1 unspecified atom stereocenters. The van der Waals surface area contributed by atoms with E-state index in [1.54, 1.807) is 12.2 Å². The molecule has 66 valence electrons. The van der Waals surface area contributed by atoms with Crippen LogP contribution in [-0.2, 0) is 0 Å². The van der Waals surface area contributed by atoms with Crippen LogP contribution in [0.25, 0.3) is 0 Å². The van der Waals surface area contributed by atoms with Gasteiger partial charge in [-0.05, 0) is 20.5 Å². The van der Waals surface area contributed by atoms with Crippen molar-refractivity contribution in [1.29, 1.82) is 0 Å². The predicted octanol–water partition coefficient (Wildman–Crippen LogP) is -0.153. The lowest BCUT2D eigenvalue weighted by molar-refractivity contribution is 0.178. The van der Waals surface area contributed by atoms with Crippen molar-refractivity contribution in [1.82, 2.24) is 4.90 Å². The molecular weight excluding hydrogens is 142 g/mol. The van der Waals surface area contributed by atoms with Crippen LogP contribution in [0.4, 0.5) is 0 Å². The molecule has 0 saturated heterocycles. The van der Waals surface area contributed by atoms with Gasteiger partial charge in [-0.2, -0.15) is 0 Å². The van der Waals surface area contributed by atoms with Gasteiger partial charge in [0.15, 0.2) is 0 Å². The third-order valence-corrected chi connectivity index (χ3v) is 1.21. The van der Waals surface area contributed by atoms with Gasteiger partial charge in [0.2, 0.25) is 0 Å². The van der Waals surface area contributed by atoms with E-state index in [0.29, 0.717) is 13.0 Å². The summed E-state index contributed by atoms with van der Waals surface area (Å²) in [5.74, 6) is 0. The molecule has 0 aliphatic rings. The Hall–Kier alpha value is -0.380. The van der Waals surface area contributed by atoms with Gasteiger partial charge in [-0.1, -0.05) is 12.2 Å². The van der Waals surface area contributed by atoms with Crippen LogP contribution in [0, 0.1) is 0 Å². The fourth-order valence-corrected chi connectivity index (χ4v) is 0.763. The lowest BCUT2D eigenvalue weighted by Gasteiger charge is -2.11. The summed E-state index contributed by atoms with van der Waals surface area (Å²) in [4.78, 5) is 1.91. The van der Waals surface area contributed by atoms with Gasteiger partial charge in [0.25, 0.3) is 0 Å². The van der Waals surface area contributed by atoms with Gasteiger partial charge in [0.1, 0.15) is 0 Å². The minimum atomic E-state index is -0.420. The summed E-state index contributed by atoms with van der Waals surface area (Å²) in [5, 5.41) is 17.7. The Morgan fingerprint density at radius 1 is 1.45 bits per heavy atom. The van der Waals surface area contributed by atoms with E-state index in [2.05, 4.69) is 0 Å². The average molecular weight is 159 g/mol. The minimum Gasteiger partial charge on any atom is -0.396 e. The van der Waals surface area contributed by atoms with Gasteiger partial charge in [0, 0.05) is 13.2 Å². The Bertz CT molecular complexity index is 113. The standard InChI is InChI=1S/C8H17NO2/c1-9(2)7-8(11)5-3-4-6-10/h3,5,8,10-11H,4,6-7H2,1-2H3/b5-3+. The summed E-state index contributed by atoms with van der Waals surface area (Å²) in [7, 11) is 3.81. The van der Waals surface area contributed by atoms with Gasteiger partial charge < -0.3 is 15.1 Å². The minimum absolute atomic E-state index is 0.144. The van der Waals surface area contributed by atoms with Gasteiger partial charge in [-0.15, -0.1) is 0 Å². The van der Waals surface area contributed by atoms with Crippen LogP contribution in [0.5, 0.6) is 0 Å². The van der Waals surface area contributed by atoms with Crippen molar-refractivity contribution in [3.63, 3.8) is 0 Å². The molecule has 2 N–H and O–H groups in total. The van der Waals surface area contributed by atoms with E-state index in [0.717, 1.165) is 0 Å². The SMILES string of the molecule is CN(C)CC(O)/C=C/CCO. The lowest BCUT2D eigenvalue weighted by Crippen LogP contribution is -2.23. The zero-order chi connectivity index (χ0) is 8.69. The quantitative estimate of drug-likeness (QED) is 0.548. The molecule has 3 heteroatoms. The molecule has 0 spiro atoms. The zero-order valence-electron chi connectivity index (χ0n) is 7.20. The number of rotatable bonds is 5.